The van der Waals surface area contributed by atoms with Crippen molar-refractivity contribution in [3.05, 3.63) is 23.3 Å². The van der Waals surface area contributed by atoms with Crippen LogP contribution in [0.4, 0.5) is 0 Å². The van der Waals surface area contributed by atoms with Gasteiger partial charge in [0, 0.05) is 24.6 Å². The van der Waals surface area contributed by atoms with Crippen LogP contribution in [0.25, 0.3) is 0 Å². The zero-order valence-electron chi connectivity index (χ0n) is 14.2. The fraction of sp³-hybridized carbons (Fsp3) is 0.650. The van der Waals surface area contributed by atoms with Crippen LogP contribution < -0.4 is 4.74 Å². The largest absolute Gasteiger partial charge is 0.504 e. The van der Waals surface area contributed by atoms with E-state index in [9.17, 15) is 15.0 Å². The van der Waals surface area contributed by atoms with Gasteiger partial charge in [-0.25, -0.2) is 0 Å². The van der Waals surface area contributed by atoms with Crippen molar-refractivity contribution in [3.8, 4) is 11.5 Å². The van der Waals surface area contributed by atoms with Crippen LogP contribution in [-0.4, -0.2) is 51.7 Å². The van der Waals surface area contributed by atoms with E-state index in [0.29, 0.717) is 18.6 Å². The minimum absolute atomic E-state index is 0.0454. The van der Waals surface area contributed by atoms with E-state index in [1.807, 2.05) is 6.07 Å². The zero-order chi connectivity index (χ0) is 17.0. The highest BCUT2D eigenvalue weighted by Gasteiger charge is 2.73. The predicted molar refractivity (Wildman–Crippen MR) is 89.8 cm³/mol. The van der Waals surface area contributed by atoms with Crippen LogP contribution in [0.2, 0.25) is 0 Å². The number of ether oxygens (including phenoxy) is 1. The number of phenolic OH excluding ortho intramolecular Hbond substituents is 1. The molecule has 1 aromatic rings. The van der Waals surface area contributed by atoms with Crippen LogP contribution in [0.3, 0.4) is 0 Å². The van der Waals surface area contributed by atoms with Gasteiger partial charge in [0.25, 0.3) is 0 Å². The maximum Gasteiger partial charge on any atom is 0.174 e. The third-order valence-electron chi connectivity index (χ3n) is 7.56. The molecule has 5 heteroatoms. The first-order valence-corrected chi connectivity index (χ1v) is 9.56. The lowest BCUT2D eigenvalue weighted by Gasteiger charge is -2.62. The molecular weight excluding hydrogens is 318 g/mol. The first kappa shape index (κ1) is 14.6. The summed E-state index contributed by atoms with van der Waals surface area (Å²) >= 11 is 0. The molecule has 2 heterocycles. The van der Waals surface area contributed by atoms with E-state index < -0.39 is 17.1 Å². The van der Waals surface area contributed by atoms with Gasteiger partial charge in [0.15, 0.2) is 23.4 Å². The van der Waals surface area contributed by atoms with Crippen molar-refractivity contribution in [1.82, 2.24) is 4.90 Å². The molecule has 1 spiro atoms. The summed E-state index contributed by atoms with van der Waals surface area (Å²) in [5.41, 5.74) is 0.454. The fourth-order valence-electron chi connectivity index (χ4n) is 6.26. The number of piperidine rings is 1. The van der Waals surface area contributed by atoms with Gasteiger partial charge in [0.2, 0.25) is 0 Å². The van der Waals surface area contributed by atoms with Crippen LogP contribution in [0.1, 0.15) is 43.2 Å². The summed E-state index contributed by atoms with van der Waals surface area (Å²) in [7, 11) is 0. The first-order valence-electron chi connectivity index (χ1n) is 9.56. The molecule has 2 unspecified atom stereocenters. The summed E-state index contributed by atoms with van der Waals surface area (Å²) < 4.78 is 6.04. The lowest BCUT2D eigenvalue weighted by Crippen LogP contribution is -2.76. The van der Waals surface area contributed by atoms with Gasteiger partial charge in [-0.15, -0.1) is 0 Å². The molecule has 1 saturated heterocycles. The van der Waals surface area contributed by atoms with Crippen molar-refractivity contribution in [2.75, 3.05) is 13.1 Å². The Morgan fingerprint density at radius 3 is 2.92 bits per heavy atom. The van der Waals surface area contributed by atoms with E-state index in [0.717, 1.165) is 43.0 Å². The molecule has 6 rings (SSSR count). The van der Waals surface area contributed by atoms with E-state index in [-0.39, 0.29) is 17.6 Å². The molecule has 132 valence electrons. The van der Waals surface area contributed by atoms with Gasteiger partial charge in [0.1, 0.15) is 0 Å². The second kappa shape index (κ2) is 4.38. The predicted octanol–water partition coefficient (Wildman–Crippen LogP) is 1.53. The van der Waals surface area contributed by atoms with Crippen LogP contribution in [-0.2, 0) is 16.6 Å². The van der Waals surface area contributed by atoms with Gasteiger partial charge in [-0.1, -0.05) is 6.07 Å². The highest BCUT2D eigenvalue weighted by atomic mass is 16.5. The number of carbonyl (C=O) groups is 1. The number of ketones is 1. The van der Waals surface area contributed by atoms with Crippen LogP contribution >= 0.6 is 0 Å². The van der Waals surface area contributed by atoms with Crippen molar-refractivity contribution in [3.63, 3.8) is 0 Å². The standard InChI is InChI=1S/C20H23NO4/c22-13-4-3-12-9-15-20(24)6-5-14(23)18-19(20,16(12)17(13)25-18)7-8-21(15)10-11-1-2-11/h3-4,11,15,18,22,24H,1-2,5-10H2/t15-,18?,19?,20+/m0/s1. The number of carbonyl (C=O) groups excluding carboxylic acids is 1. The summed E-state index contributed by atoms with van der Waals surface area (Å²) in [6, 6.07) is 3.69. The number of aromatic hydroxyl groups is 1. The highest BCUT2D eigenvalue weighted by Crippen LogP contribution is 2.64. The monoisotopic (exact) mass is 341 g/mol. The smallest absolute Gasteiger partial charge is 0.174 e. The Morgan fingerprint density at radius 2 is 2.12 bits per heavy atom. The van der Waals surface area contributed by atoms with Crippen LogP contribution in [0, 0.1) is 5.92 Å². The van der Waals surface area contributed by atoms with Crippen molar-refractivity contribution >= 4 is 5.78 Å². The van der Waals surface area contributed by atoms with Gasteiger partial charge in [-0.2, -0.15) is 0 Å². The van der Waals surface area contributed by atoms with E-state index in [1.54, 1.807) is 6.07 Å². The third kappa shape index (κ3) is 1.56. The maximum absolute atomic E-state index is 12.7. The summed E-state index contributed by atoms with van der Waals surface area (Å²) in [6.07, 6.45) is 4.33. The molecule has 0 aromatic heterocycles. The molecule has 2 saturated carbocycles. The minimum atomic E-state index is -0.940. The van der Waals surface area contributed by atoms with Crippen LogP contribution in [0.5, 0.6) is 11.5 Å². The maximum atomic E-state index is 12.7. The summed E-state index contributed by atoms with van der Waals surface area (Å²) in [5.74, 6) is 1.39. The number of benzene rings is 1. The summed E-state index contributed by atoms with van der Waals surface area (Å²) in [6.45, 7) is 1.95. The molecular formula is C20H23NO4. The third-order valence-corrected chi connectivity index (χ3v) is 7.56. The van der Waals surface area contributed by atoms with E-state index in [4.69, 9.17) is 4.74 Å². The molecule has 25 heavy (non-hydrogen) atoms. The molecule has 0 amide bonds. The normalized spacial score (nSPS) is 41.4. The van der Waals surface area contributed by atoms with E-state index in [2.05, 4.69) is 4.90 Å². The number of hydrogen-bond acceptors (Lipinski definition) is 5. The Balaban J connectivity index is 1.58. The summed E-state index contributed by atoms with van der Waals surface area (Å²) in [5, 5.41) is 22.3. The number of likely N-dealkylation sites (tertiary alicyclic amines) is 1. The van der Waals surface area contributed by atoms with Crippen molar-refractivity contribution in [2.24, 2.45) is 5.92 Å². The fourth-order valence-corrected chi connectivity index (χ4v) is 6.26. The number of phenols is 1. The lowest BCUT2D eigenvalue weighted by atomic mass is 9.49. The van der Waals surface area contributed by atoms with Crippen molar-refractivity contribution < 1.29 is 19.7 Å². The number of hydrogen-bond donors (Lipinski definition) is 2. The molecule has 3 fully saturated rings. The molecule has 2 N–H and O–H groups in total. The van der Waals surface area contributed by atoms with Crippen molar-refractivity contribution in [1.29, 1.82) is 0 Å². The molecule has 5 nitrogen and oxygen atoms in total. The Morgan fingerprint density at radius 1 is 1.28 bits per heavy atom. The zero-order valence-corrected chi connectivity index (χ0v) is 14.2. The SMILES string of the molecule is O=C1CC[C@@]2(O)[C@@H]3Cc4ccc(O)c5c4C2(CCN3CC2CC2)C1O5. The molecule has 3 aliphatic carbocycles. The van der Waals surface area contributed by atoms with Crippen LogP contribution in [0.15, 0.2) is 12.1 Å². The molecule has 2 aliphatic heterocycles. The second-order valence-corrected chi connectivity index (χ2v) is 8.72. The number of nitrogens with zero attached hydrogens (tertiary/aromatic N) is 1. The Kier molecular flexibility index (Phi) is 2.55. The lowest BCUT2D eigenvalue weighted by molar-refractivity contribution is -0.188. The van der Waals surface area contributed by atoms with Gasteiger partial charge >= 0.3 is 0 Å². The number of aliphatic hydroxyl groups is 1. The average molecular weight is 341 g/mol. The Labute approximate surface area is 146 Å². The van der Waals surface area contributed by atoms with E-state index >= 15 is 0 Å². The van der Waals surface area contributed by atoms with Gasteiger partial charge in [0.05, 0.1) is 11.0 Å². The summed E-state index contributed by atoms with van der Waals surface area (Å²) in [4.78, 5) is 15.2. The van der Waals surface area contributed by atoms with Gasteiger partial charge in [-0.05, 0) is 56.2 Å². The average Bonchev–Trinajstić information content (AvgIpc) is 3.32. The number of Topliss-reactive ketones (excluding diaryl/α,β-unsaturated/α-hetero) is 1. The molecule has 1 aromatic carbocycles. The van der Waals surface area contributed by atoms with Gasteiger partial charge in [-0.3, -0.25) is 9.69 Å². The molecule has 4 atom stereocenters. The second-order valence-electron chi connectivity index (χ2n) is 8.72. The van der Waals surface area contributed by atoms with Crippen molar-refractivity contribution in [2.45, 2.75) is 61.7 Å². The molecule has 2 bridgehead atoms. The highest BCUT2D eigenvalue weighted by molar-refractivity contribution is 5.90. The molecule has 5 aliphatic rings. The first-order chi connectivity index (χ1) is 12.0. The topological polar surface area (TPSA) is 70.0 Å². The molecule has 0 radical (unpaired) electrons. The Bertz CT molecular complexity index is 803. The number of rotatable bonds is 2. The quantitative estimate of drug-likeness (QED) is 0.854. The van der Waals surface area contributed by atoms with E-state index in [1.165, 1.54) is 12.8 Å². The van der Waals surface area contributed by atoms with Gasteiger partial charge < -0.3 is 14.9 Å². The Hall–Kier alpha value is -1.59. The minimum Gasteiger partial charge on any atom is -0.504 e.